The van der Waals surface area contributed by atoms with Gasteiger partial charge in [-0.2, -0.15) is 15.2 Å². The molecule has 0 saturated carbocycles. The molecule has 2 aromatic carbocycles. The molecule has 0 aliphatic carbocycles. The molecular weight excluding hydrogens is 652 g/mol. The second-order valence-corrected chi connectivity index (χ2v) is 13.7. The Kier molecular flexibility index (Phi) is 8.57. The summed E-state index contributed by atoms with van der Waals surface area (Å²) in [6, 6.07) is 7.88. The van der Waals surface area contributed by atoms with Crippen molar-refractivity contribution in [2.24, 2.45) is 0 Å². The maximum atomic E-state index is 14.9. The number of fused-ring (bicyclic) bond motifs is 3. The van der Waals surface area contributed by atoms with Crippen molar-refractivity contribution in [3.63, 3.8) is 0 Å². The molecule has 7 rings (SSSR count). The first-order valence-electron chi connectivity index (χ1n) is 15.9. The predicted octanol–water partition coefficient (Wildman–Crippen LogP) is 5.79. The van der Waals surface area contributed by atoms with Crippen molar-refractivity contribution in [1.29, 1.82) is 5.26 Å². The molecule has 11 nitrogen and oxygen atoms in total. The van der Waals surface area contributed by atoms with Gasteiger partial charge in [0.2, 0.25) is 17.5 Å². The Morgan fingerprint density at radius 3 is 2.92 bits per heavy atom. The first-order chi connectivity index (χ1) is 23.7. The highest BCUT2D eigenvalue weighted by molar-refractivity contribution is 7.23. The standard InChI is InChI=1S/C35H33F2N7O4S/c1-4-28(45)44-11-8-27(26(44)17-46-3)48-33-23-12-19(15-38)22(21-6-7-24(37)31-29(21)30(40-2)32(39)49-31)13-25(23)41-34(42-33)47-18-35-9-5-10-43(35)16-20(36)14-35/h4,6-7,12-13,20,26-27H,1,5,8-11,14,16-18,39H2,3H3/t20-,26+,27-,35+/m1/s1. The van der Waals surface area contributed by atoms with Crippen molar-refractivity contribution >= 4 is 48.9 Å². The van der Waals surface area contributed by atoms with Gasteiger partial charge < -0.3 is 24.8 Å². The Hall–Kier alpha value is -4.89. The zero-order valence-electron chi connectivity index (χ0n) is 26.7. The lowest BCUT2D eigenvalue weighted by atomic mass is 9.95. The summed E-state index contributed by atoms with van der Waals surface area (Å²) in [6.07, 6.45) is 2.38. The van der Waals surface area contributed by atoms with Crippen molar-refractivity contribution in [3.8, 4) is 29.1 Å². The number of hydrogen-bond donors (Lipinski definition) is 1. The van der Waals surface area contributed by atoms with Crippen molar-refractivity contribution < 1.29 is 27.8 Å². The Bertz CT molecular complexity index is 2080. The predicted molar refractivity (Wildman–Crippen MR) is 181 cm³/mol. The fraction of sp³-hybridized carbons (Fsp3) is 0.400. The fourth-order valence-corrected chi connectivity index (χ4v) is 8.56. The van der Waals surface area contributed by atoms with Gasteiger partial charge in [-0.25, -0.2) is 13.6 Å². The Morgan fingerprint density at radius 1 is 1.33 bits per heavy atom. The number of nitriles is 1. The van der Waals surface area contributed by atoms with Gasteiger partial charge in [0.25, 0.3) is 0 Å². The topological polar surface area (TPSA) is 131 Å². The third-order valence-corrected chi connectivity index (χ3v) is 10.9. The summed E-state index contributed by atoms with van der Waals surface area (Å²) in [4.78, 5) is 29.4. The normalized spacial score (nSPS) is 23.4. The first kappa shape index (κ1) is 32.6. The Labute approximate surface area is 285 Å². The number of thiophene rings is 1. The summed E-state index contributed by atoms with van der Waals surface area (Å²) in [5.41, 5.74) is 7.22. The smallest absolute Gasteiger partial charge is 0.320 e. The van der Waals surface area contributed by atoms with Gasteiger partial charge in [0.15, 0.2) is 0 Å². The zero-order valence-corrected chi connectivity index (χ0v) is 27.6. The number of hydrogen-bond acceptors (Lipinski definition) is 10. The number of carbonyl (C=O) groups excluding carboxylic acids is 1. The van der Waals surface area contributed by atoms with Gasteiger partial charge in [-0.1, -0.05) is 12.6 Å². The van der Waals surface area contributed by atoms with Crippen LogP contribution in [0, 0.1) is 23.7 Å². The van der Waals surface area contributed by atoms with E-state index in [1.54, 1.807) is 24.1 Å². The average Bonchev–Trinajstić information content (AvgIpc) is 3.84. The molecule has 0 bridgehead atoms. The molecule has 3 fully saturated rings. The quantitative estimate of drug-likeness (QED) is 0.172. The molecule has 4 aromatic rings. The maximum absolute atomic E-state index is 14.9. The monoisotopic (exact) mass is 685 g/mol. The van der Waals surface area contributed by atoms with Crippen LogP contribution >= 0.6 is 11.3 Å². The van der Waals surface area contributed by atoms with Crippen molar-refractivity contribution in [1.82, 2.24) is 19.8 Å². The minimum atomic E-state index is -0.937. The maximum Gasteiger partial charge on any atom is 0.320 e. The third kappa shape index (κ3) is 5.60. The summed E-state index contributed by atoms with van der Waals surface area (Å²) in [7, 11) is 1.54. The average molecular weight is 686 g/mol. The van der Waals surface area contributed by atoms with E-state index < -0.39 is 29.7 Å². The van der Waals surface area contributed by atoms with E-state index in [0.29, 0.717) is 53.3 Å². The number of nitrogens with two attached hydrogens (primary N) is 1. The summed E-state index contributed by atoms with van der Waals surface area (Å²) in [5.74, 6) is -0.626. The van der Waals surface area contributed by atoms with Crippen LogP contribution in [0.1, 0.15) is 31.2 Å². The van der Waals surface area contributed by atoms with E-state index in [2.05, 4.69) is 27.4 Å². The molecule has 3 aliphatic rings. The van der Waals surface area contributed by atoms with Gasteiger partial charge in [0.05, 0.1) is 57.0 Å². The van der Waals surface area contributed by atoms with E-state index in [-0.39, 0.29) is 52.0 Å². The van der Waals surface area contributed by atoms with Gasteiger partial charge in [-0.3, -0.25) is 9.69 Å². The van der Waals surface area contributed by atoms with Gasteiger partial charge >= 0.3 is 6.01 Å². The SMILES string of the molecule is [C-]#[N+]c1c(N)sc2c(F)ccc(-c3cc4nc(OC[C@@]56CCCN5C[C@H](F)C6)nc(O[C@@H]5CCN(C(=O)C=C)[C@H]5COC)c4cc3C#N)c12. The molecule has 4 atom stereocenters. The van der Waals surface area contributed by atoms with Crippen LogP contribution in [0.25, 0.3) is 37.0 Å². The summed E-state index contributed by atoms with van der Waals surface area (Å²) in [5, 5.41) is 11.3. The number of halogens is 2. The number of anilines is 1. The van der Waals surface area contributed by atoms with E-state index in [4.69, 9.17) is 31.5 Å². The van der Waals surface area contributed by atoms with E-state index in [1.807, 2.05) is 0 Å². The van der Waals surface area contributed by atoms with Crippen molar-refractivity contribution in [3.05, 3.63) is 59.7 Å². The van der Waals surface area contributed by atoms with E-state index in [9.17, 15) is 18.8 Å². The Morgan fingerprint density at radius 2 is 2.16 bits per heavy atom. The highest BCUT2D eigenvalue weighted by Gasteiger charge is 2.49. The number of aromatic nitrogens is 2. The molecule has 49 heavy (non-hydrogen) atoms. The molecule has 2 N–H and O–H groups in total. The van der Waals surface area contributed by atoms with Crippen LogP contribution in [0.4, 0.5) is 19.5 Å². The van der Waals surface area contributed by atoms with E-state index in [0.717, 1.165) is 30.7 Å². The van der Waals surface area contributed by atoms with Crippen LogP contribution in [-0.4, -0.2) is 89.5 Å². The lowest BCUT2D eigenvalue weighted by molar-refractivity contribution is -0.128. The largest absolute Gasteiger partial charge is 0.471 e. The molecule has 1 amide bonds. The number of rotatable bonds is 9. The number of methoxy groups -OCH3 is 1. The molecule has 252 valence electrons. The molecular formula is C35H33F2N7O4S. The highest BCUT2D eigenvalue weighted by atomic mass is 32.1. The molecule has 5 heterocycles. The summed E-state index contributed by atoms with van der Waals surface area (Å²) < 4.78 is 47.9. The lowest BCUT2D eigenvalue weighted by Crippen LogP contribution is -2.44. The first-order valence-corrected chi connectivity index (χ1v) is 16.8. The molecule has 0 radical (unpaired) electrons. The second kappa shape index (κ2) is 12.9. The van der Waals surface area contributed by atoms with Crippen molar-refractivity contribution in [2.75, 3.05) is 45.7 Å². The van der Waals surface area contributed by atoms with Gasteiger partial charge in [-0.15, -0.1) is 11.3 Å². The van der Waals surface area contributed by atoms with Gasteiger partial charge in [0.1, 0.15) is 24.7 Å². The fourth-order valence-electron chi connectivity index (χ4n) is 7.62. The van der Waals surface area contributed by atoms with Crippen LogP contribution in [0.3, 0.4) is 0 Å². The number of carbonyl (C=O) groups is 1. The van der Waals surface area contributed by atoms with Crippen LogP contribution in [-0.2, 0) is 9.53 Å². The number of nitrogens with zero attached hydrogens (tertiary/aromatic N) is 6. The molecule has 3 aliphatic heterocycles. The molecule has 0 unspecified atom stereocenters. The van der Waals surface area contributed by atoms with Crippen LogP contribution < -0.4 is 15.2 Å². The number of likely N-dealkylation sites (tertiary alicyclic amines) is 1. The van der Waals surface area contributed by atoms with Crippen LogP contribution in [0.15, 0.2) is 36.9 Å². The number of ether oxygens (including phenoxy) is 3. The zero-order chi connectivity index (χ0) is 34.4. The number of benzene rings is 2. The molecule has 14 heteroatoms. The van der Waals surface area contributed by atoms with Gasteiger partial charge in [0, 0.05) is 44.0 Å². The number of amides is 1. The number of nitrogen functional groups attached to an aromatic ring is 1. The molecule has 3 saturated heterocycles. The third-order valence-electron chi connectivity index (χ3n) is 9.87. The van der Waals surface area contributed by atoms with Crippen LogP contribution in [0.2, 0.25) is 0 Å². The Balaban J connectivity index is 1.35. The van der Waals surface area contributed by atoms with Crippen molar-refractivity contribution in [2.45, 2.75) is 49.5 Å². The lowest BCUT2D eigenvalue weighted by Gasteiger charge is -2.31. The minimum absolute atomic E-state index is 0.00730. The summed E-state index contributed by atoms with van der Waals surface area (Å²) >= 11 is 0.977. The minimum Gasteiger partial charge on any atom is -0.471 e. The number of alkyl halides is 1. The van der Waals surface area contributed by atoms with E-state index >= 15 is 0 Å². The summed E-state index contributed by atoms with van der Waals surface area (Å²) in [6.45, 7) is 13.3. The molecule has 0 spiro atoms. The molecule has 2 aromatic heterocycles. The second-order valence-electron chi connectivity index (χ2n) is 12.6. The van der Waals surface area contributed by atoms with E-state index in [1.165, 1.54) is 18.2 Å². The van der Waals surface area contributed by atoms with Gasteiger partial charge in [-0.05, 0) is 49.2 Å². The van der Waals surface area contributed by atoms with Crippen LogP contribution in [0.5, 0.6) is 11.9 Å². The highest BCUT2D eigenvalue weighted by Crippen LogP contribution is 2.48.